The summed E-state index contributed by atoms with van der Waals surface area (Å²) >= 11 is 0. The van der Waals surface area contributed by atoms with Crippen molar-refractivity contribution >= 4 is 0 Å². The van der Waals surface area contributed by atoms with E-state index >= 15 is 0 Å². The first-order valence-electron chi connectivity index (χ1n) is 7.78. The highest BCUT2D eigenvalue weighted by Gasteiger charge is 2.28. The number of tetrazole rings is 1. The Morgan fingerprint density at radius 3 is 2.43 bits per heavy atom. The smallest absolute Gasteiger partial charge is 0.157 e. The predicted molar refractivity (Wildman–Crippen MR) is 84.4 cm³/mol. The number of nitrogens with one attached hydrogen (secondary N) is 1. The SMILES string of the molecule is CCNCC(CC)(CC)Cc1nnnn1-c1ccccc1. The zero-order valence-electron chi connectivity index (χ0n) is 13.2. The molecule has 0 fully saturated rings. The third kappa shape index (κ3) is 3.67. The van der Waals surface area contributed by atoms with Crippen LogP contribution in [0.3, 0.4) is 0 Å². The van der Waals surface area contributed by atoms with Crippen molar-refractivity contribution in [1.29, 1.82) is 0 Å². The van der Waals surface area contributed by atoms with E-state index in [4.69, 9.17) is 0 Å². The fraction of sp³-hybridized carbons (Fsp3) is 0.562. The second kappa shape index (κ2) is 7.31. The van der Waals surface area contributed by atoms with Crippen molar-refractivity contribution in [3.05, 3.63) is 36.2 Å². The molecule has 2 rings (SSSR count). The van der Waals surface area contributed by atoms with E-state index in [1.165, 1.54) is 0 Å². The van der Waals surface area contributed by atoms with E-state index in [2.05, 4.69) is 41.6 Å². The van der Waals surface area contributed by atoms with Crippen LogP contribution in [0.5, 0.6) is 0 Å². The third-order valence-electron chi connectivity index (χ3n) is 4.32. The summed E-state index contributed by atoms with van der Waals surface area (Å²) in [6, 6.07) is 10.1. The summed E-state index contributed by atoms with van der Waals surface area (Å²) in [5.74, 6) is 0.933. The maximum absolute atomic E-state index is 4.26. The second-order valence-electron chi connectivity index (χ2n) is 5.51. The first-order valence-corrected chi connectivity index (χ1v) is 7.78. The molecule has 0 amide bonds. The lowest BCUT2D eigenvalue weighted by molar-refractivity contribution is 0.242. The Labute approximate surface area is 126 Å². The molecular formula is C16H25N5. The molecule has 0 unspecified atom stereocenters. The summed E-state index contributed by atoms with van der Waals surface area (Å²) in [6.45, 7) is 8.63. The van der Waals surface area contributed by atoms with Gasteiger partial charge < -0.3 is 5.32 Å². The quantitative estimate of drug-likeness (QED) is 0.811. The molecule has 0 aliphatic heterocycles. The Hall–Kier alpha value is -1.75. The van der Waals surface area contributed by atoms with E-state index in [-0.39, 0.29) is 5.41 Å². The monoisotopic (exact) mass is 287 g/mol. The first kappa shape index (κ1) is 15.6. The number of hydrogen-bond donors (Lipinski definition) is 1. The van der Waals surface area contributed by atoms with Gasteiger partial charge in [-0.05, 0) is 47.4 Å². The molecule has 0 radical (unpaired) electrons. The number of aromatic nitrogens is 4. The molecule has 0 bridgehead atoms. The normalized spacial score (nSPS) is 11.8. The fourth-order valence-electron chi connectivity index (χ4n) is 2.62. The third-order valence-corrected chi connectivity index (χ3v) is 4.32. The summed E-state index contributed by atoms with van der Waals surface area (Å²) in [6.07, 6.45) is 3.10. The molecule has 0 saturated heterocycles. The maximum Gasteiger partial charge on any atom is 0.157 e. The molecular weight excluding hydrogens is 262 g/mol. The summed E-state index contributed by atoms with van der Waals surface area (Å²) in [5.41, 5.74) is 1.22. The molecule has 0 spiro atoms. The number of rotatable bonds is 8. The van der Waals surface area contributed by atoms with Crippen molar-refractivity contribution in [2.75, 3.05) is 13.1 Å². The van der Waals surface area contributed by atoms with Crippen molar-refractivity contribution in [1.82, 2.24) is 25.5 Å². The van der Waals surface area contributed by atoms with E-state index in [1.54, 1.807) is 0 Å². The van der Waals surface area contributed by atoms with Crippen LogP contribution in [0, 0.1) is 5.41 Å². The number of hydrogen-bond acceptors (Lipinski definition) is 4. The van der Waals surface area contributed by atoms with Crippen LogP contribution in [0.25, 0.3) is 5.69 Å². The molecule has 1 heterocycles. The highest BCUT2D eigenvalue weighted by atomic mass is 15.5. The van der Waals surface area contributed by atoms with Crippen LogP contribution in [0.15, 0.2) is 30.3 Å². The van der Waals surface area contributed by atoms with Crippen molar-refractivity contribution in [3.8, 4) is 5.69 Å². The van der Waals surface area contributed by atoms with Crippen LogP contribution in [0.2, 0.25) is 0 Å². The van der Waals surface area contributed by atoms with Crippen molar-refractivity contribution in [3.63, 3.8) is 0 Å². The van der Waals surface area contributed by atoms with Crippen LogP contribution in [0.4, 0.5) is 0 Å². The lowest BCUT2D eigenvalue weighted by Crippen LogP contribution is -2.36. The molecule has 2 aromatic rings. The Morgan fingerprint density at radius 2 is 1.81 bits per heavy atom. The molecule has 0 atom stereocenters. The van der Waals surface area contributed by atoms with E-state index in [0.717, 1.165) is 43.9 Å². The highest BCUT2D eigenvalue weighted by Crippen LogP contribution is 2.30. The summed E-state index contributed by atoms with van der Waals surface area (Å²) < 4.78 is 1.85. The molecule has 0 aliphatic rings. The van der Waals surface area contributed by atoms with E-state index in [1.807, 2.05) is 35.0 Å². The standard InChI is InChI=1S/C16H25N5/c1-4-16(5-2,13-17-6-3)12-15-18-19-20-21(15)14-10-8-7-9-11-14/h7-11,17H,4-6,12-13H2,1-3H3. The van der Waals surface area contributed by atoms with Crippen molar-refractivity contribution in [2.24, 2.45) is 5.41 Å². The molecule has 1 N–H and O–H groups in total. The predicted octanol–water partition coefficient (Wildman–Crippen LogP) is 2.62. The van der Waals surface area contributed by atoms with Gasteiger partial charge in [-0.1, -0.05) is 39.0 Å². The molecule has 1 aromatic heterocycles. The highest BCUT2D eigenvalue weighted by molar-refractivity contribution is 5.30. The topological polar surface area (TPSA) is 55.6 Å². The van der Waals surface area contributed by atoms with Crippen molar-refractivity contribution in [2.45, 2.75) is 40.0 Å². The number of nitrogens with zero attached hydrogens (tertiary/aromatic N) is 4. The van der Waals surface area contributed by atoms with Crippen LogP contribution in [-0.2, 0) is 6.42 Å². The zero-order valence-corrected chi connectivity index (χ0v) is 13.2. The summed E-state index contributed by atoms with van der Waals surface area (Å²) in [5, 5.41) is 15.8. The van der Waals surface area contributed by atoms with Gasteiger partial charge in [0, 0.05) is 13.0 Å². The molecule has 5 heteroatoms. The first-order chi connectivity index (χ1) is 10.2. The van der Waals surface area contributed by atoms with Gasteiger partial charge in [0.05, 0.1) is 5.69 Å². The summed E-state index contributed by atoms with van der Waals surface area (Å²) in [4.78, 5) is 0. The zero-order chi connectivity index (χ0) is 15.1. The lowest BCUT2D eigenvalue weighted by atomic mass is 9.79. The molecule has 0 saturated carbocycles. The van der Waals surface area contributed by atoms with Crippen LogP contribution < -0.4 is 5.32 Å². The van der Waals surface area contributed by atoms with Crippen LogP contribution >= 0.6 is 0 Å². The van der Waals surface area contributed by atoms with Gasteiger partial charge >= 0.3 is 0 Å². The maximum atomic E-state index is 4.26. The Morgan fingerprint density at radius 1 is 1.10 bits per heavy atom. The molecule has 21 heavy (non-hydrogen) atoms. The van der Waals surface area contributed by atoms with E-state index in [9.17, 15) is 0 Å². The van der Waals surface area contributed by atoms with Gasteiger partial charge in [-0.25, -0.2) is 0 Å². The van der Waals surface area contributed by atoms with E-state index < -0.39 is 0 Å². The van der Waals surface area contributed by atoms with Gasteiger partial charge in [0.25, 0.3) is 0 Å². The van der Waals surface area contributed by atoms with Gasteiger partial charge in [0.2, 0.25) is 0 Å². The Kier molecular flexibility index (Phi) is 5.44. The van der Waals surface area contributed by atoms with Gasteiger partial charge in [-0.3, -0.25) is 0 Å². The molecule has 5 nitrogen and oxygen atoms in total. The minimum Gasteiger partial charge on any atom is -0.316 e. The average Bonchev–Trinajstić information content (AvgIpc) is 3.00. The van der Waals surface area contributed by atoms with Crippen LogP contribution in [0.1, 0.15) is 39.4 Å². The van der Waals surface area contributed by atoms with Crippen LogP contribution in [-0.4, -0.2) is 33.3 Å². The second-order valence-corrected chi connectivity index (χ2v) is 5.51. The van der Waals surface area contributed by atoms with E-state index in [0.29, 0.717) is 0 Å². The number of benzene rings is 1. The largest absolute Gasteiger partial charge is 0.316 e. The van der Waals surface area contributed by atoms with Gasteiger partial charge in [-0.15, -0.1) is 5.10 Å². The molecule has 1 aromatic carbocycles. The molecule has 0 aliphatic carbocycles. The average molecular weight is 287 g/mol. The Bertz CT molecular complexity index is 531. The lowest BCUT2D eigenvalue weighted by Gasteiger charge is -2.31. The molecule has 114 valence electrons. The minimum absolute atomic E-state index is 0.206. The Balaban J connectivity index is 2.24. The van der Waals surface area contributed by atoms with Crippen molar-refractivity contribution < 1.29 is 0 Å². The van der Waals surface area contributed by atoms with Gasteiger partial charge in [0.15, 0.2) is 5.82 Å². The van der Waals surface area contributed by atoms with Gasteiger partial charge in [-0.2, -0.15) is 4.68 Å². The van der Waals surface area contributed by atoms with Gasteiger partial charge in [0.1, 0.15) is 0 Å². The fourth-order valence-corrected chi connectivity index (χ4v) is 2.62. The minimum atomic E-state index is 0.206. The summed E-state index contributed by atoms with van der Waals surface area (Å²) in [7, 11) is 0. The number of para-hydroxylation sites is 1.